The quantitative estimate of drug-likeness (QED) is 0.597. The van der Waals surface area contributed by atoms with Crippen molar-refractivity contribution in [2.24, 2.45) is 0 Å². The van der Waals surface area contributed by atoms with E-state index in [1.165, 1.54) is 0 Å². The molecule has 3 rings (SSSR count). The number of aromatic nitrogens is 2. The smallest absolute Gasteiger partial charge is 0.326 e. The summed E-state index contributed by atoms with van der Waals surface area (Å²) in [5, 5.41) is 10.5. The molecule has 1 N–H and O–H groups in total. The zero-order chi connectivity index (χ0) is 21.7. The van der Waals surface area contributed by atoms with Crippen molar-refractivity contribution >= 4 is 11.9 Å². The average Bonchev–Trinajstić information content (AvgIpc) is 3.24. The second-order valence-corrected chi connectivity index (χ2v) is 6.79. The lowest BCUT2D eigenvalue weighted by atomic mass is 10.1. The van der Waals surface area contributed by atoms with Gasteiger partial charge in [-0.25, -0.2) is 0 Å². The molecule has 2 aromatic carbocycles. The summed E-state index contributed by atoms with van der Waals surface area (Å²) in [6, 6.07) is 12.5. The zero-order valence-electron chi connectivity index (χ0n) is 17.3. The molecule has 0 saturated heterocycles. The fourth-order valence-electron chi connectivity index (χ4n) is 2.68. The number of carbonyl (C=O) groups is 2. The molecule has 0 saturated carbocycles. The monoisotopic (exact) mass is 409 g/mol. The SMILES string of the molecule is COc1ccc(-c2nnc([C@H](C)OC(=O)CNC(=O)c3ccc(C)c(C)c3)o2)cc1. The van der Waals surface area contributed by atoms with Gasteiger partial charge in [-0.05, 0) is 68.3 Å². The first-order valence-electron chi connectivity index (χ1n) is 9.40. The van der Waals surface area contributed by atoms with E-state index in [4.69, 9.17) is 13.9 Å². The molecule has 3 aromatic rings. The van der Waals surface area contributed by atoms with Gasteiger partial charge < -0.3 is 19.2 Å². The number of aryl methyl sites for hydroxylation is 2. The molecular formula is C22H23N3O5. The second-order valence-electron chi connectivity index (χ2n) is 6.79. The topological polar surface area (TPSA) is 104 Å². The number of nitrogens with one attached hydrogen (secondary N) is 1. The van der Waals surface area contributed by atoms with E-state index in [9.17, 15) is 9.59 Å². The molecule has 0 unspecified atom stereocenters. The van der Waals surface area contributed by atoms with E-state index >= 15 is 0 Å². The van der Waals surface area contributed by atoms with E-state index in [0.29, 0.717) is 22.8 Å². The van der Waals surface area contributed by atoms with Crippen molar-refractivity contribution in [3.05, 3.63) is 65.0 Å². The lowest BCUT2D eigenvalue weighted by Gasteiger charge is -2.10. The third kappa shape index (κ3) is 5.02. The van der Waals surface area contributed by atoms with Crippen molar-refractivity contribution in [1.29, 1.82) is 0 Å². The van der Waals surface area contributed by atoms with Crippen molar-refractivity contribution in [2.45, 2.75) is 26.9 Å². The van der Waals surface area contributed by atoms with Crippen LogP contribution in [0, 0.1) is 13.8 Å². The van der Waals surface area contributed by atoms with Crippen molar-refractivity contribution in [3.8, 4) is 17.2 Å². The molecule has 1 atom stereocenters. The number of nitrogens with zero attached hydrogens (tertiary/aromatic N) is 2. The molecule has 0 aliphatic rings. The van der Waals surface area contributed by atoms with Gasteiger partial charge in [-0.15, -0.1) is 10.2 Å². The van der Waals surface area contributed by atoms with Crippen LogP contribution in [-0.2, 0) is 9.53 Å². The van der Waals surface area contributed by atoms with Gasteiger partial charge in [0.05, 0.1) is 7.11 Å². The molecule has 1 aromatic heterocycles. The summed E-state index contributed by atoms with van der Waals surface area (Å²) in [6.45, 7) is 5.24. The summed E-state index contributed by atoms with van der Waals surface area (Å²) in [7, 11) is 1.58. The van der Waals surface area contributed by atoms with Gasteiger partial charge in [-0.3, -0.25) is 9.59 Å². The molecule has 0 radical (unpaired) electrons. The van der Waals surface area contributed by atoms with Crippen LogP contribution >= 0.6 is 0 Å². The Morgan fingerprint density at radius 2 is 1.80 bits per heavy atom. The maximum atomic E-state index is 12.2. The minimum Gasteiger partial charge on any atom is -0.497 e. The van der Waals surface area contributed by atoms with Crippen molar-refractivity contribution < 1.29 is 23.5 Å². The van der Waals surface area contributed by atoms with Gasteiger partial charge in [0.1, 0.15) is 12.3 Å². The first kappa shape index (κ1) is 21.0. The highest BCUT2D eigenvalue weighted by Gasteiger charge is 2.19. The van der Waals surface area contributed by atoms with Gasteiger partial charge in [0.15, 0.2) is 6.10 Å². The Kier molecular flexibility index (Phi) is 6.46. The lowest BCUT2D eigenvalue weighted by Crippen LogP contribution is -2.31. The van der Waals surface area contributed by atoms with Gasteiger partial charge in [0.2, 0.25) is 5.89 Å². The van der Waals surface area contributed by atoms with Crippen LogP contribution in [0.5, 0.6) is 5.75 Å². The predicted octanol–water partition coefficient (Wildman–Crippen LogP) is 3.40. The highest BCUT2D eigenvalue weighted by atomic mass is 16.6. The molecule has 0 aliphatic carbocycles. The van der Waals surface area contributed by atoms with Crippen LogP contribution in [0.2, 0.25) is 0 Å². The molecule has 1 heterocycles. The normalized spacial score (nSPS) is 11.6. The third-order valence-corrected chi connectivity index (χ3v) is 4.60. The van der Waals surface area contributed by atoms with E-state index in [-0.39, 0.29) is 18.3 Å². The Bertz CT molecular complexity index is 1040. The Hall–Kier alpha value is -3.68. The van der Waals surface area contributed by atoms with Crippen LogP contribution in [0.4, 0.5) is 0 Å². The number of ether oxygens (including phenoxy) is 2. The fraction of sp³-hybridized carbons (Fsp3) is 0.273. The summed E-state index contributed by atoms with van der Waals surface area (Å²) in [5.74, 6) is 0.225. The summed E-state index contributed by atoms with van der Waals surface area (Å²) in [5.41, 5.74) is 3.30. The number of methoxy groups -OCH3 is 1. The fourth-order valence-corrected chi connectivity index (χ4v) is 2.68. The largest absolute Gasteiger partial charge is 0.497 e. The Balaban J connectivity index is 1.54. The van der Waals surface area contributed by atoms with E-state index < -0.39 is 12.1 Å². The maximum Gasteiger partial charge on any atom is 0.326 e. The third-order valence-electron chi connectivity index (χ3n) is 4.60. The first-order valence-corrected chi connectivity index (χ1v) is 9.40. The molecule has 156 valence electrons. The lowest BCUT2D eigenvalue weighted by molar-refractivity contribution is -0.148. The van der Waals surface area contributed by atoms with Crippen LogP contribution < -0.4 is 10.1 Å². The van der Waals surface area contributed by atoms with Crippen molar-refractivity contribution in [2.75, 3.05) is 13.7 Å². The number of esters is 1. The maximum absolute atomic E-state index is 12.2. The zero-order valence-corrected chi connectivity index (χ0v) is 17.3. The van der Waals surface area contributed by atoms with Crippen LogP contribution in [0.3, 0.4) is 0 Å². The number of rotatable bonds is 7. The number of hydrogen-bond acceptors (Lipinski definition) is 7. The van der Waals surface area contributed by atoms with Gasteiger partial charge in [0.25, 0.3) is 11.8 Å². The first-order chi connectivity index (χ1) is 14.4. The molecular weight excluding hydrogens is 386 g/mol. The van der Waals surface area contributed by atoms with Crippen molar-refractivity contribution in [3.63, 3.8) is 0 Å². The molecule has 0 fully saturated rings. The van der Waals surface area contributed by atoms with Gasteiger partial charge >= 0.3 is 5.97 Å². The van der Waals surface area contributed by atoms with Gasteiger partial charge in [0, 0.05) is 11.1 Å². The summed E-state index contributed by atoms with van der Waals surface area (Å²) < 4.78 is 16.0. The van der Waals surface area contributed by atoms with E-state index in [1.807, 2.05) is 19.9 Å². The predicted molar refractivity (Wildman–Crippen MR) is 109 cm³/mol. The van der Waals surface area contributed by atoms with E-state index in [2.05, 4.69) is 15.5 Å². The number of benzene rings is 2. The molecule has 30 heavy (non-hydrogen) atoms. The Morgan fingerprint density at radius 3 is 2.47 bits per heavy atom. The molecule has 0 aliphatic heterocycles. The van der Waals surface area contributed by atoms with Crippen molar-refractivity contribution in [1.82, 2.24) is 15.5 Å². The Morgan fingerprint density at radius 1 is 1.07 bits per heavy atom. The molecule has 0 bridgehead atoms. The molecule has 8 nitrogen and oxygen atoms in total. The summed E-state index contributed by atoms with van der Waals surface area (Å²) >= 11 is 0. The van der Waals surface area contributed by atoms with Crippen LogP contribution in [-0.4, -0.2) is 35.7 Å². The standard InChI is InChI=1S/C22H23N3O5/c1-13-5-6-17(11-14(13)2)20(27)23-12-19(26)29-15(3)21-24-25-22(30-21)16-7-9-18(28-4)10-8-16/h5-11,15H,12H2,1-4H3,(H,23,27)/t15-/m0/s1. The number of hydrogen-bond donors (Lipinski definition) is 1. The minimum atomic E-state index is -0.754. The minimum absolute atomic E-state index is 0.162. The van der Waals surface area contributed by atoms with Gasteiger partial charge in [-0.2, -0.15) is 0 Å². The van der Waals surface area contributed by atoms with Crippen LogP contribution in [0.15, 0.2) is 46.9 Å². The summed E-state index contributed by atoms with van der Waals surface area (Å²) in [4.78, 5) is 24.3. The average molecular weight is 409 g/mol. The van der Waals surface area contributed by atoms with Crippen LogP contribution in [0.1, 0.15) is 40.4 Å². The molecule has 1 amide bonds. The molecule has 0 spiro atoms. The Labute approximate surface area is 174 Å². The van der Waals surface area contributed by atoms with E-state index in [0.717, 1.165) is 11.1 Å². The van der Waals surface area contributed by atoms with E-state index in [1.54, 1.807) is 50.4 Å². The second kappa shape index (κ2) is 9.21. The van der Waals surface area contributed by atoms with Crippen LogP contribution in [0.25, 0.3) is 11.5 Å². The molecule has 8 heteroatoms. The highest BCUT2D eigenvalue weighted by molar-refractivity contribution is 5.96. The number of carbonyl (C=O) groups excluding carboxylic acids is 2. The number of amides is 1. The highest BCUT2D eigenvalue weighted by Crippen LogP contribution is 2.24. The van der Waals surface area contributed by atoms with Gasteiger partial charge in [-0.1, -0.05) is 6.07 Å². The summed E-state index contributed by atoms with van der Waals surface area (Å²) in [6.07, 6.45) is -0.754.